The van der Waals surface area contributed by atoms with E-state index in [0.29, 0.717) is 17.8 Å². The van der Waals surface area contributed by atoms with E-state index in [0.717, 1.165) is 21.3 Å². The number of halogens is 1. The zero-order chi connectivity index (χ0) is 18.9. The van der Waals surface area contributed by atoms with Crippen molar-refractivity contribution in [3.05, 3.63) is 64.1 Å². The number of thiocarbonyl (C=S) groups is 1. The van der Waals surface area contributed by atoms with Crippen LogP contribution in [0.5, 0.6) is 5.75 Å². The largest absolute Gasteiger partial charge is 0.488 e. The van der Waals surface area contributed by atoms with Crippen LogP contribution in [0.4, 0.5) is 0 Å². The molecule has 1 saturated carbocycles. The molecule has 0 aliphatic heterocycles. The van der Waals surface area contributed by atoms with Gasteiger partial charge in [-0.25, -0.2) is 0 Å². The maximum atomic E-state index is 5.97. The second kappa shape index (κ2) is 10.4. The quantitative estimate of drug-likeness (QED) is 0.366. The SMILES string of the molecule is S=C(N/N=C/c1ccccc1OCc1cccc(Br)c1)NC1CCCCC1. The van der Waals surface area contributed by atoms with E-state index in [-0.39, 0.29) is 0 Å². The van der Waals surface area contributed by atoms with E-state index in [1.807, 2.05) is 48.5 Å². The summed E-state index contributed by atoms with van der Waals surface area (Å²) >= 11 is 8.82. The Morgan fingerprint density at radius 3 is 2.78 bits per heavy atom. The van der Waals surface area contributed by atoms with E-state index in [4.69, 9.17) is 17.0 Å². The molecule has 0 saturated heterocycles. The molecule has 6 heteroatoms. The van der Waals surface area contributed by atoms with Gasteiger partial charge in [0.05, 0.1) is 6.21 Å². The Morgan fingerprint density at radius 1 is 1.15 bits per heavy atom. The van der Waals surface area contributed by atoms with Gasteiger partial charge in [-0.2, -0.15) is 5.10 Å². The molecule has 1 fully saturated rings. The molecule has 0 radical (unpaired) electrons. The summed E-state index contributed by atoms with van der Waals surface area (Å²) in [7, 11) is 0. The zero-order valence-corrected chi connectivity index (χ0v) is 17.6. The molecular formula is C21H24BrN3OS. The second-order valence-corrected chi connectivity index (χ2v) is 7.96. The lowest BCUT2D eigenvalue weighted by atomic mass is 9.96. The van der Waals surface area contributed by atoms with Crippen LogP contribution in [-0.2, 0) is 6.61 Å². The lowest BCUT2D eigenvalue weighted by molar-refractivity contribution is 0.305. The summed E-state index contributed by atoms with van der Waals surface area (Å²) in [5, 5.41) is 8.19. The molecule has 4 nitrogen and oxygen atoms in total. The number of nitrogens with one attached hydrogen (secondary N) is 2. The van der Waals surface area contributed by atoms with Crippen molar-refractivity contribution in [3.8, 4) is 5.75 Å². The van der Waals surface area contributed by atoms with Crippen LogP contribution < -0.4 is 15.5 Å². The minimum atomic E-state index is 0.467. The molecule has 2 aromatic carbocycles. The van der Waals surface area contributed by atoms with Gasteiger partial charge in [0, 0.05) is 16.1 Å². The first kappa shape index (κ1) is 19.8. The Labute approximate surface area is 174 Å². The lowest BCUT2D eigenvalue weighted by Crippen LogP contribution is -2.40. The third-order valence-corrected chi connectivity index (χ3v) is 5.21. The molecule has 0 bridgehead atoms. The van der Waals surface area contributed by atoms with Gasteiger partial charge >= 0.3 is 0 Å². The summed E-state index contributed by atoms with van der Waals surface area (Å²) in [4.78, 5) is 0. The van der Waals surface area contributed by atoms with Crippen LogP contribution in [-0.4, -0.2) is 17.4 Å². The number of hydrazone groups is 1. The fourth-order valence-corrected chi connectivity index (χ4v) is 3.80. The van der Waals surface area contributed by atoms with Crippen molar-refractivity contribution in [2.75, 3.05) is 0 Å². The van der Waals surface area contributed by atoms with Crippen LogP contribution in [0.15, 0.2) is 58.1 Å². The molecule has 142 valence electrons. The molecule has 27 heavy (non-hydrogen) atoms. The highest BCUT2D eigenvalue weighted by Crippen LogP contribution is 2.19. The van der Waals surface area contributed by atoms with Crippen molar-refractivity contribution in [2.24, 2.45) is 5.10 Å². The van der Waals surface area contributed by atoms with Gasteiger partial charge in [0.15, 0.2) is 5.11 Å². The van der Waals surface area contributed by atoms with Gasteiger partial charge in [-0.15, -0.1) is 0 Å². The van der Waals surface area contributed by atoms with E-state index >= 15 is 0 Å². The number of benzene rings is 2. The fourth-order valence-electron chi connectivity index (χ4n) is 3.13. The van der Waals surface area contributed by atoms with Crippen molar-refractivity contribution in [2.45, 2.75) is 44.8 Å². The van der Waals surface area contributed by atoms with Gasteiger partial charge in [0.2, 0.25) is 0 Å². The highest BCUT2D eigenvalue weighted by Gasteiger charge is 2.13. The minimum Gasteiger partial charge on any atom is -0.488 e. The monoisotopic (exact) mass is 445 g/mol. The molecule has 1 aliphatic rings. The first-order chi connectivity index (χ1) is 13.2. The van der Waals surface area contributed by atoms with Crippen molar-refractivity contribution in [1.82, 2.24) is 10.7 Å². The highest BCUT2D eigenvalue weighted by atomic mass is 79.9. The van der Waals surface area contributed by atoms with Crippen LogP contribution in [0.2, 0.25) is 0 Å². The fraction of sp³-hybridized carbons (Fsp3) is 0.333. The van der Waals surface area contributed by atoms with Gasteiger partial charge in [0.1, 0.15) is 12.4 Å². The molecule has 3 rings (SSSR count). The Bertz CT molecular complexity index is 791. The van der Waals surface area contributed by atoms with E-state index in [9.17, 15) is 0 Å². The average molecular weight is 446 g/mol. The molecule has 2 aromatic rings. The molecule has 0 atom stereocenters. The van der Waals surface area contributed by atoms with E-state index in [1.54, 1.807) is 6.21 Å². The number of rotatable bonds is 6. The molecule has 0 aromatic heterocycles. The Morgan fingerprint density at radius 2 is 1.96 bits per heavy atom. The normalized spacial score (nSPS) is 14.9. The molecule has 0 heterocycles. The molecule has 2 N–H and O–H groups in total. The van der Waals surface area contributed by atoms with Crippen LogP contribution >= 0.6 is 28.1 Å². The predicted molar refractivity (Wildman–Crippen MR) is 118 cm³/mol. The van der Waals surface area contributed by atoms with Gasteiger partial charge in [-0.05, 0) is 54.9 Å². The summed E-state index contributed by atoms with van der Waals surface area (Å²) < 4.78 is 7.01. The number of hydrogen-bond donors (Lipinski definition) is 2. The van der Waals surface area contributed by atoms with Crippen molar-refractivity contribution in [3.63, 3.8) is 0 Å². The number of hydrogen-bond acceptors (Lipinski definition) is 3. The molecule has 0 amide bonds. The van der Waals surface area contributed by atoms with Crippen LogP contribution in [0.3, 0.4) is 0 Å². The molecular weight excluding hydrogens is 422 g/mol. The summed E-state index contributed by atoms with van der Waals surface area (Å²) in [6, 6.07) is 16.4. The van der Waals surface area contributed by atoms with Crippen molar-refractivity contribution >= 4 is 39.5 Å². The number of nitrogens with zero attached hydrogens (tertiary/aromatic N) is 1. The van der Waals surface area contributed by atoms with Gasteiger partial charge in [-0.3, -0.25) is 5.43 Å². The highest BCUT2D eigenvalue weighted by molar-refractivity contribution is 9.10. The van der Waals surface area contributed by atoms with Crippen LogP contribution in [0, 0.1) is 0 Å². The Kier molecular flexibility index (Phi) is 7.66. The zero-order valence-electron chi connectivity index (χ0n) is 15.2. The maximum Gasteiger partial charge on any atom is 0.187 e. The maximum absolute atomic E-state index is 5.97. The smallest absolute Gasteiger partial charge is 0.187 e. The first-order valence-corrected chi connectivity index (χ1v) is 10.5. The minimum absolute atomic E-state index is 0.467. The predicted octanol–water partition coefficient (Wildman–Crippen LogP) is 5.16. The van der Waals surface area contributed by atoms with Crippen LogP contribution in [0.1, 0.15) is 43.2 Å². The molecule has 0 spiro atoms. The Hall–Kier alpha value is -1.92. The number of ether oxygens (including phenoxy) is 1. The summed E-state index contributed by atoms with van der Waals surface area (Å²) in [6.07, 6.45) is 7.96. The molecule has 1 aliphatic carbocycles. The topological polar surface area (TPSA) is 45.7 Å². The molecule has 0 unspecified atom stereocenters. The summed E-state index contributed by atoms with van der Waals surface area (Å²) in [5.41, 5.74) is 4.92. The van der Waals surface area contributed by atoms with E-state index in [2.05, 4.69) is 31.8 Å². The second-order valence-electron chi connectivity index (χ2n) is 6.63. The first-order valence-electron chi connectivity index (χ1n) is 9.26. The average Bonchev–Trinajstić information content (AvgIpc) is 2.68. The van der Waals surface area contributed by atoms with Crippen molar-refractivity contribution in [1.29, 1.82) is 0 Å². The lowest BCUT2D eigenvalue weighted by Gasteiger charge is -2.23. The summed E-state index contributed by atoms with van der Waals surface area (Å²) in [5.74, 6) is 0.786. The van der Waals surface area contributed by atoms with E-state index < -0.39 is 0 Å². The van der Waals surface area contributed by atoms with Gasteiger partial charge in [0.25, 0.3) is 0 Å². The third kappa shape index (κ3) is 6.63. The Balaban J connectivity index is 1.53. The van der Waals surface area contributed by atoms with E-state index in [1.165, 1.54) is 32.1 Å². The number of para-hydroxylation sites is 1. The standard InChI is InChI=1S/C21H24BrN3OS/c22-18-9-6-7-16(13-18)15-26-20-12-5-4-8-17(20)14-23-25-21(27)24-19-10-2-1-3-11-19/h4-9,12-14,19H,1-3,10-11,15H2,(H2,24,25,27)/b23-14+. The third-order valence-electron chi connectivity index (χ3n) is 4.51. The summed E-state index contributed by atoms with van der Waals surface area (Å²) in [6.45, 7) is 0.499. The van der Waals surface area contributed by atoms with Crippen molar-refractivity contribution < 1.29 is 4.74 Å². The van der Waals surface area contributed by atoms with Gasteiger partial charge < -0.3 is 10.1 Å². The van der Waals surface area contributed by atoms with Crippen LogP contribution in [0.25, 0.3) is 0 Å². The van der Waals surface area contributed by atoms with Gasteiger partial charge in [-0.1, -0.05) is 59.5 Å².